The minimum atomic E-state index is -0.437. The Balaban J connectivity index is 2.04. The maximum atomic E-state index is 11.8. The monoisotopic (exact) mass is 286 g/mol. The van der Waals surface area contributed by atoms with Gasteiger partial charge in [0, 0.05) is 5.56 Å². The summed E-state index contributed by atoms with van der Waals surface area (Å²) < 4.78 is 4.97. The molecule has 0 radical (unpaired) electrons. The van der Waals surface area contributed by atoms with E-state index in [4.69, 9.17) is 4.74 Å². The van der Waals surface area contributed by atoms with Crippen molar-refractivity contribution in [3.05, 3.63) is 53.6 Å². The normalized spacial score (nSPS) is 10.5. The third-order valence-corrected chi connectivity index (χ3v) is 2.69. The Morgan fingerprint density at radius 2 is 2.05 bits per heavy atom. The van der Waals surface area contributed by atoms with E-state index in [9.17, 15) is 15.0 Å². The molecule has 2 rings (SSSR count). The van der Waals surface area contributed by atoms with Gasteiger partial charge in [-0.05, 0) is 42.0 Å². The van der Waals surface area contributed by atoms with Crippen molar-refractivity contribution in [3.63, 3.8) is 0 Å². The Bertz CT molecular complexity index is 683. The third kappa shape index (κ3) is 3.73. The minimum Gasteiger partial charge on any atom is -0.508 e. The van der Waals surface area contributed by atoms with Crippen molar-refractivity contribution >= 4 is 12.1 Å². The number of phenolic OH excluding ortho intramolecular Hbond substituents is 2. The summed E-state index contributed by atoms with van der Waals surface area (Å²) in [6.07, 6.45) is 1.42. The van der Waals surface area contributed by atoms with Crippen LogP contribution in [0.15, 0.2) is 47.6 Å². The van der Waals surface area contributed by atoms with E-state index in [-0.39, 0.29) is 11.5 Å². The largest absolute Gasteiger partial charge is 0.508 e. The summed E-state index contributed by atoms with van der Waals surface area (Å²) in [6, 6.07) is 10.6. The SMILES string of the molecule is COc1cc(C=NNC(=O)c2cccc(O)c2)ccc1O. The number of methoxy groups -OCH3 is 1. The molecule has 0 aliphatic rings. The number of phenols is 2. The van der Waals surface area contributed by atoms with Gasteiger partial charge < -0.3 is 14.9 Å². The number of aromatic hydroxyl groups is 2. The molecule has 0 fully saturated rings. The molecule has 2 aromatic carbocycles. The van der Waals surface area contributed by atoms with Gasteiger partial charge >= 0.3 is 0 Å². The zero-order valence-electron chi connectivity index (χ0n) is 11.3. The van der Waals surface area contributed by atoms with Gasteiger partial charge in [-0.15, -0.1) is 0 Å². The molecule has 0 aliphatic heterocycles. The summed E-state index contributed by atoms with van der Waals surface area (Å²) >= 11 is 0. The first kappa shape index (κ1) is 14.4. The molecule has 0 heterocycles. The number of nitrogens with one attached hydrogen (secondary N) is 1. The van der Waals surface area contributed by atoms with Gasteiger partial charge in [-0.2, -0.15) is 5.10 Å². The average molecular weight is 286 g/mol. The maximum absolute atomic E-state index is 11.8. The van der Waals surface area contributed by atoms with E-state index in [1.165, 1.54) is 31.5 Å². The predicted octanol–water partition coefficient (Wildman–Crippen LogP) is 1.87. The molecule has 0 aliphatic carbocycles. The van der Waals surface area contributed by atoms with E-state index in [2.05, 4.69) is 10.5 Å². The molecule has 0 spiro atoms. The van der Waals surface area contributed by atoms with Crippen molar-refractivity contribution < 1.29 is 19.7 Å². The summed E-state index contributed by atoms with van der Waals surface area (Å²) in [7, 11) is 1.44. The van der Waals surface area contributed by atoms with E-state index in [0.29, 0.717) is 16.9 Å². The fourth-order valence-corrected chi connectivity index (χ4v) is 1.65. The maximum Gasteiger partial charge on any atom is 0.271 e. The molecule has 6 heteroatoms. The fraction of sp³-hybridized carbons (Fsp3) is 0.0667. The highest BCUT2D eigenvalue weighted by Gasteiger charge is 2.04. The first-order valence-electron chi connectivity index (χ1n) is 6.09. The van der Waals surface area contributed by atoms with Gasteiger partial charge in [-0.25, -0.2) is 5.43 Å². The van der Waals surface area contributed by atoms with Gasteiger partial charge in [-0.3, -0.25) is 4.79 Å². The van der Waals surface area contributed by atoms with Crippen LogP contribution in [-0.2, 0) is 0 Å². The molecule has 0 atom stereocenters. The van der Waals surface area contributed by atoms with E-state index in [0.717, 1.165) is 0 Å². The smallest absolute Gasteiger partial charge is 0.271 e. The van der Waals surface area contributed by atoms with E-state index in [1.807, 2.05) is 0 Å². The Labute approximate surface area is 121 Å². The van der Waals surface area contributed by atoms with Gasteiger partial charge in [0.15, 0.2) is 11.5 Å². The molecule has 0 saturated carbocycles. The van der Waals surface area contributed by atoms with Crippen LogP contribution in [0.3, 0.4) is 0 Å². The Hall–Kier alpha value is -3.02. The van der Waals surface area contributed by atoms with Crippen LogP contribution in [0.5, 0.6) is 17.2 Å². The van der Waals surface area contributed by atoms with Crippen LogP contribution in [0.4, 0.5) is 0 Å². The van der Waals surface area contributed by atoms with Gasteiger partial charge in [0.2, 0.25) is 0 Å². The van der Waals surface area contributed by atoms with Crippen LogP contribution < -0.4 is 10.2 Å². The highest BCUT2D eigenvalue weighted by molar-refractivity contribution is 5.95. The standard InChI is InChI=1S/C15H14N2O4/c1-21-14-7-10(5-6-13(14)19)9-16-17-15(20)11-3-2-4-12(18)8-11/h2-9,18-19H,1H3,(H,17,20). The number of amides is 1. The summed E-state index contributed by atoms with van der Waals surface area (Å²) in [5, 5.41) is 22.6. The predicted molar refractivity (Wildman–Crippen MR) is 77.8 cm³/mol. The number of carbonyl (C=O) groups is 1. The van der Waals surface area contributed by atoms with Crippen molar-refractivity contribution in [2.75, 3.05) is 7.11 Å². The molecule has 3 N–H and O–H groups in total. The minimum absolute atomic E-state index is 0.00917. The van der Waals surface area contributed by atoms with Gasteiger partial charge in [-0.1, -0.05) is 6.07 Å². The van der Waals surface area contributed by atoms with E-state index >= 15 is 0 Å². The summed E-state index contributed by atoms with van der Waals surface area (Å²) in [5.74, 6) is -0.0838. The molecule has 0 aromatic heterocycles. The van der Waals surface area contributed by atoms with Gasteiger partial charge in [0.05, 0.1) is 13.3 Å². The topological polar surface area (TPSA) is 91.2 Å². The second kappa shape index (κ2) is 6.42. The lowest BCUT2D eigenvalue weighted by Crippen LogP contribution is -2.17. The number of benzene rings is 2. The zero-order valence-corrected chi connectivity index (χ0v) is 11.3. The van der Waals surface area contributed by atoms with Crippen LogP contribution >= 0.6 is 0 Å². The number of hydrazone groups is 1. The summed E-state index contributed by atoms with van der Waals surface area (Å²) in [5.41, 5.74) is 3.30. The fourth-order valence-electron chi connectivity index (χ4n) is 1.65. The van der Waals surface area contributed by atoms with Gasteiger partial charge in [0.25, 0.3) is 5.91 Å². The summed E-state index contributed by atoms with van der Waals surface area (Å²) in [6.45, 7) is 0. The number of carbonyl (C=O) groups excluding carboxylic acids is 1. The number of hydrogen-bond acceptors (Lipinski definition) is 5. The van der Waals surface area contributed by atoms with E-state index < -0.39 is 5.91 Å². The van der Waals surface area contributed by atoms with Crippen LogP contribution in [0.2, 0.25) is 0 Å². The molecule has 1 amide bonds. The first-order chi connectivity index (χ1) is 10.1. The van der Waals surface area contributed by atoms with Crippen molar-refractivity contribution in [2.45, 2.75) is 0 Å². The molecule has 0 saturated heterocycles. The molecule has 108 valence electrons. The number of rotatable bonds is 4. The first-order valence-corrected chi connectivity index (χ1v) is 6.09. The second-order valence-electron chi connectivity index (χ2n) is 4.18. The molecule has 0 bridgehead atoms. The Morgan fingerprint density at radius 1 is 1.24 bits per heavy atom. The Morgan fingerprint density at radius 3 is 2.76 bits per heavy atom. The van der Waals surface area contributed by atoms with Crippen molar-refractivity contribution in [1.82, 2.24) is 5.43 Å². The second-order valence-corrected chi connectivity index (χ2v) is 4.18. The Kier molecular flexibility index (Phi) is 4.40. The molecule has 2 aromatic rings. The number of hydrogen-bond donors (Lipinski definition) is 3. The lowest BCUT2D eigenvalue weighted by molar-refractivity contribution is 0.0954. The van der Waals surface area contributed by atoms with Gasteiger partial charge in [0.1, 0.15) is 5.75 Å². The molecule has 6 nitrogen and oxygen atoms in total. The van der Waals surface area contributed by atoms with Crippen molar-refractivity contribution in [1.29, 1.82) is 0 Å². The molecule has 21 heavy (non-hydrogen) atoms. The number of nitrogens with zero attached hydrogens (tertiary/aromatic N) is 1. The average Bonchev–Trinajstić information content (AvgIpc) is 2.48. The lowest BCUT2D eigenvalue weighted by Gasteiger charge is -2.03. The summed E-state index contributed by atoms with van der Waals surface area (Å²) in [4.78, 5) is 11.8. The lowest BCUT2D eigenvalue weighted by atomic mass is 10.2. The van der Waals surface area contributed by atoms with Crippen LogP contribution in [0.25, 0.3) is 0 Å². The van der Waals surface area contributed by atoms with Crippen LogP contribution in [0, 0.1) is 0 Å². The van der Waals surface area contributed by atoms with E-state index in [1.54, 1.807) is 24.3 Å². The highest BCUT2D eigenvalue weighted by Crippen LogP contribution is 2.25. The third-order valence-electron chi connectivity index (χ3n) is 2.69. The quantitative estimate of drug-likeness (QED) is 0.591. The van der Waals surface area contributed by atoms with Crippen LogP contribution in [0.1, 0.15) is 15.9 Å². The molecular weight excluding hydrogens is 272 g/mol. The van der Waals surface area contributed by atoms with Crippen molar-refractivity contribution in [2.24, 2.45) is 5.10 Å². The number of ether oxygens (including phenoxy) is 1. The molecular formula is C15H14N2O4. The van der Waals surface area contributed by atoms with Crippen molar-refractivity contribution in [3.8, 4) is 17.2 Å². The molecule has 0 unspecified atom stereocenters. The van der Waals surface area contributed by atoms with Crippen LogP contribution in [-0.4, -0.2) is 29.4 Å². The zero-order chi connectivity index (χ0) is 15.2. The highest BCUT2D eigenvalue weighted by atomic mass is 16.5.